The second-order valence-corrected chi connectivity index (χ2v) is 5.04. The third-order valence-corrected chi connectivity index (χ3v) is 2.93. The van der Waals surface area contributed by atoms with Crippen LogP contribution in [0.5, 0.6) is 5.88 Å². The Labute approximate surface area is 140 Å². The van der Waals surface area contributed by atoms with Gasteiger partial charge >= 0.3 is 6.18 Å². The third kappa shape index (κ3) is 5.83. The van der Waals surface area contributed by atoms with E-state index in [-0.39, 0.29) is 23.8 Å². The SMILES string of the molecule is Cc1cc(C(=O)NCc2ccnc(OCC(F)(F)F)c2)cc(N=O)n1. The van der Waals surface area contributed by atoms with Crippen molar-refractivity contribution in [2.24, 2.45) is 5.18 Å². The fraction of sp³-hybridized carbons (Fsp3) is 0.267. The van der Waals surface area contributed by atoms with Crippen LogP contribution in [0.4, 0.5) is 19.0 Å². The van der Waals surface area contributed by atoms with Crippen molar-refractivity contribution in [1.82, 2.24) is 15.3 Å². The van der Waals surface area contributed by atoms with Crippen LogP contribution >= 0.6 is 0 Å². The highest BCUT2D eigenvalue weighted by molar-refractivity contribution is 5.94. The minimum Gasteiger partial charge on any atom is -0.468 e. The van der Waals surface area contributed by atoms with Crippen molar-refractivity contribution in [2.45, 2.75) is 19.6 Å². The molecule has 1 N–H and O–H groups in total. The average Bonchev–Trinajstić information content (AvgIpc) is 2.57. The summed E-state index contributed by atoms with van der Waals surface area (Å²) in [6.07, 6.45) is -3.19. The van der Waals surface area contributed by atoms with Gasteiger partial charge < -0.3 is 10.1 Å². The number of nitroso groups, excluding NO2 is 1. The molecule has 0 spiro atoms. The topological polar surface area (TPSA) is 93.5 Å². The molecule has 0 atom stereocenters. The normalized spacial score (nSPS) is 11.0. The molecule has 0 aliphatic heterocycles. The average molecular weight is 354 g/mol. The molecule has 0 aliphatic rings. The lowest BCUT2D eigenvalue weighted by Crippen LogP contribution is -2.23. The molecule has 10 heteroatoms. The van der Waals surface area contributed by atoms with Crippen molar-refractivity contribution in [2.75, 3.05) is 6.61 Å². The summed E-state index contributed by atoms with van der Waals surface area (Å²) >= 11 is 0. The Morgan fingerprint density at radius 3 is 2.76 bits per heavy atom. The van der Waals surface area contributed by atoms with Crippen LogP contribution < -0.4 is 10.1 Å². The number of ether oxygens (including phenoxy) is 1. The molecule has 25 heavy (non-hydrogen) atoms. The first-order valence-corrected chi connectivity index (χ1v) is 7.01. The van der Waals surface area contributed by atoms with Crippen LogP contribution in [0.15, 0.2) is 35.6 Å². The maximum absolute atomic E-state index is 12.1. The number of carbonyl (C=O) groups excluding carboxylic acids is 1. The Kier molecular flexibility index (Phi) is 5.63. The number of carbonyl (C=O) groups is 1. The van der Waals surface area contributed by atoms with Crippen molar-refractivity contribution >= 4 is 11.7 Å². The van der Waals surface area contributed by atoms with Gasteiger partial charge in [-0.2, -0.15) is 13.2 Å². The molecule has 0 unspecified atom stereocenters. The molecular weight excluding hydrogens is 341 g/mol. The Bertz CT molecular complexity index is 781. The molecular formula is C15H13F3N4O3. The standard InChI is InChI=1S/C15H13F3N4O3/c1-9-4-11(6-12(21-9)22-24)14(23)20-7-10-2-3-19-13(5-10)25-8-15(16,17)18/h2-6H,7-8H2,1H3,(H,20,23). The van der Waals surface area contributed by atoms with E-state index < -0.39 is 18.7 Å². The number of pyridine rings is 2. The first kappa shape index (κ1) is 18.3. The third-order valence-electron chi connectivity index (χ3n) is 2.93. The lowest BCUT2D eigenvalue weighted by atomic mass is 10.2. The number of alkyl halides is 3. The molecule has 2 rings (SSSR count). The molecule has 2 heterocycles. The number of hydrogen-bond donors (Lipinski definition) is 1. The van der Waals surface area contributed by atoms with Gasteiger partial charge in [0, 0.05) is 30.1 Å². The number of nitrogens with zero attached hydrogens (tertiary/aromatic N) is 3. The van der Waals surface area contributed by atoms with Crippen LogP contribution in [0.3, 0.4) is 0 Å². The van der Waals surface area contributed by atoms with Crippen LogP contribution in [-0.4, -0.2) is 28.7 Å². The zero-order valence-corrected chi connectivity index (χ0v) is 13.0. The molecule has 1 amide bonds. The van der Waals surface area contributed by atoms with Crippen LogP contribution in [0.25, 0.3) is 0 Å². The van der Waals surface area contributed by atoms with E-state index in [2.05, 4.69) is 25.2 Å². The predicted molar refractivity (Wildman–Crippen MR) is 81.4 cm³/mol. The highest BCUT2D eigenvalue weighted by Gasteiger charge is 2.28. The number of hydrogen-bond acceptors (Lipinski definition) is 6. The lowest BCUT2D eigenvalue weighted by molar-refractivity contribution is -0.154. The van der Waals surface area contributed by atoms with E-state index in [1.807, 2.05) is 0 Å². The monoisotopic (exact) mass is 354 g/mol. The number of nitrogens with one attached hydrogen (secondary N) is 1. The highest BCUT2D eigenvalue weighted by Crippen LogP contribution is 2.18. The maximum Gasteiger partial charge on any atom is 0.422 e. The smallest absolute Gasteiger partial charge is 0.422 e. The van der Waals surface area contributed by atoms with Crippen LogP contribution in [0, 0.1) is 11.8 Å². The Morgan fingerprint density at radius 1 is 1.32 bits per heavy atom. The highest BCUT2D eigenvalue weighted by atomic mass is 19.4. The summed E-state index contributed by atoms with van der Waals surface area (Å²) in [5, 5.41) is 5.26. The Hall–Kier alpha value is -3.04. The largest absolute Gasteiger partial charge is 0.468 e. The molecule has 2 aromatic rings. The summed E-state index contributed by atoms with van der Waals surface area (Å²) in [6.45, 7) is 0.196. The van der Waals surface area contributed by atoms with Gasteiger partial charge in [0.15, 0.2) is 12.4 Å². The van der Waals surface area contributed by atoms with Gasteiger partial charge in [-0.25, -0.2) is 9.97 Å². The molecule has 132 valence electrons. The fourth-order valence-corrected chi connectivity index (χ4v) is 1.91. The van der Waals surface area contributed by atoms with Gasteiger partial charge in [0.25, 0.3) is 5.91 Å². The first-order valence-electron chi connectivity index (χ1n) is 7.01. The summed E-state index contributed by atoms with van der Waals surface area (Å²) in [5.74, 6) is -0.793. The van der Waals surface area contributed by atoms with E-state index in [4.69, 9.17) is 0 Å². The first-order chi connectivity index (χ1) is 11.8. The molecule has 0 saturated carbocycles. The van der Waals surface area contributed by atoms with Crippen molar-refractivity contribution in [1.29, 1.82) is 0 Å². The molecule has 2 aromatic heterocycles. The van der Waals surface area contributed by atoms with Crippen LogP contribution in [0.1, 0.15) is 21.6 Å². The molecule has 0 radical (unpaired) electrons. The van der Waals surface area contributed by atoms with E-state index in [1.165, 1.54) is 30.5 Å². The van der Waals surface area contributed by atoms with E-state index >= 15 is 0 Å². The minimum atomic E-state index is -4.46. The van der Waals surface area contributed by atoms with Gasteiger partial charge in [-0.1, -0.05) is 0 Å². The van der Waals surface area contributed by atoms with E-state index in [1.54, 1.807) is 6.92 Å². The molecule has 0 aliphatic carbocycles. The molecule has 0 fully saturated rings. The fourth-order valence-electron chi connectivity index (χ4n) is 1.91. The van der Waals surface area contributed by atoms with Gasteiger partial charge in [0.05, 0.1) is 0 Å². The number of halogens is 3. The summed E-state index contributed by atoms with van der Waals surface area (Å²) in [5.41, 5.74) is 1.15. The van der Waals surface area contributed by atoms with Gasteiger partial charge in [0.2, 0.25) is 5.88 Å². The predicted octanol–water partition coefficient (Wildman–Crippen LogP) is 3.05. The molecule has 0 saturated heterocycles. The number of rotatable bonds is 6. The number of amides is 1. The molecule has 0 aromatic carbocycles. The van der Waals surface area contributed by atoms with Gasteiger partial charge in [-0.05, 0) is 35.9 Å². The molecule has 7 nitrogen and oxygen atoms in total. The second-order valence-electron chi connectivity index (χ2n) is 5.04. The minimum absolute atomic E-state index is 0.0367. The summed E-state index contributed by atoms with van der Waals surface area (Å²) in [4.78, 5) is 30.1. The lowest BCUT2D eigenvalue weighted by Gasteiger charge is -2.10. The number of aryl methyl sites for hydroxylation is 1. The number of aromatic nitrogens is 2. The van der Waals surface area contributed by atoms with E-state index in [9.17, 15) is 22.9 Å². The summed E-state index contributed by atoms with van der Waals surface area (Å²) < 4.78 is 40.9. The van der Waals surface area contributed by atoms with Gasteiger partial charge in [-0.15, -0.1) is 4.91 Å². The van der Waals surface area contributed by atoms with Crippen LogP contribution in [-0.2, 0) is 6.54 Å². The summed E-state index contributed by atoms with van der Waals surface area (Å²) in [7, 11) is 0. The second kappa shape index (κ2) is 7.69. The van der Waals surface area contributed by atoms with Crippen molar-refractivity contribution in [3.8, 4) is 5.88 Å². The Balaban J connectivity index is 2.00. The van der Waals surface area contributed by atoms with Gasteiger partial charge in [0.1, 0.15) is 0 Å². The summed E-state index contributed by atoms with van der Waals surface area (Å²) in [6, 6.07) is 5.54. The van der Waals surface area contributed by atoms with Crippen molar-refractivity contribution in [3.63, 3.8) is 0 Å². The van der Waals surface area contributed by atoms with Crippen molar-refractivity contribution < 1.29 is 22.7 Å². The van der Waals surface area contributed by atoms with Gasteiger partial charge in [-0.3, -0.25) is 4.79 Å². The zero-order chi connectivity index (χ0) is 18.4. The van der Waals surface area contributed by atoms with E-state index in [0.717, 1.165) is 0 Å². The maximum atomic E-state index is 12.1. The van der Waals surface area contributed by atoms with E-state index in [0.29, 0.717) is 11.3 Å². The zero-order valence-electron chi connectivity index (χ0n) is 13.0. The van der Waals surface area contributed by atoms with Crippen LogP contribution in [0.2, 0.25) is 0 Å². The quantitative estimate of drug-likeness (QED) is 0.805. The van der Waals surface area contributed by atoms with Crippen molar-refractivity contribution in [3.05, 3.63) is 52.2 Å². The molecule has 0 bridgehead atoms. The Morgan fingerprint density at radius 2 is 2.08 bits per heavy atom.